The molecule has 0 unspecified atom stereocenters. The molecule has 4 aliphatic rings. The molecule has 3 saturated carbocycles. The molecule has 5 heteroatoms. The average molecular weight is 507 g/mol. The number of carbonyl (C=O) groups is 1. The minimum absolute atomic E-state index is 0.0896. The Morgan fingerprint density at radius 2 is 1.81 bits per heavy atom. The number of nitrogens with one attached hydrogen (secondary N) is 1. The molecule has 4 aliphatic carbocycles. The Kier molecular flexibility index (Phi) is 7.08. The van der Waals surface area contributed by atoms with Gasteiger partial charge < -0.3 is 20.4 Å². The first-order valence-corrected chi connectivity index (χ1v) is 14.5. The van der Waals surface area contributed by atoms with Crippen LogP contribution in [0.5, 0.6) is 0 Å². The Hall–Kier alpha value is -2.11. The zero-order valence-corrected chi connectivity index (χ0v) is 23.2. The van der Waals surface area contributed by atoms with Crippen molar-refractivity contribution in [2.75, 3.05) is 13.1 Å². The maximum Gasteiger partial charge on any atom is 0.317 e. The van der Waals surface area contributed by atoms with Crippen molar-refractivity contribution in [3.05, 3.63) is 59.2 Å². The molecular formula is C32H46N2O3. The van der Waals surface area contributed by atoms with Crippen molar-refractivity contribution in [3.63, 3.8) is 0 Å². The van der Waals surface area contributed by atoms with Gasteiger partial charge in [0.15, 0.2) is 0 Å². The Morgan fingerprint density at radius 1 is 1.08 bits per heavy atom. The van der Waals surface area contributed by atoms with Crippen molar-refractivity contribution < 1.29 is 15.0 Å². The van der Waals surface area contributed by atoms with E-state index in [9.17, 15) is 15.0 Å². The molecule has 202 valence electrons. The second-order valence-corrected chi connectivity index (χ2v) is 12.8. The van der Waals surface area contributed by atoms with Gasteiger partial charge in [0.25, 0.3) is 0 Å². The third-order valence-electron chi connectivity index (χ3n) is 10.7. The largest absolute Gasteiger partial charge is 0.393 e. The molecule has 5 nitrogen and oxygen atoms in total. The van der Waals surface area contributed by atoms with Crippen LogP contribution in [-0.4, -0.2) is 45.9 Å². The molecule has 7 atom stereocenters. The fourth-order valence-electron chi connectivity index (χ4n) is 8.29. The average Bonchev–Trinajstić information content (AvgIpc) is 3.15. The van der Waals surface area contributed by atoms with E-state index in [1.165, 1.54) is 11.1 Å². The van der Waals surface area contributed by atoms with Crippen LogP contribution in [0.4, 0.5) is 4.79 Å². The number of urea groups is 1. The summed E-state index contributed by atoms with van der Waals surface area (Å²) in [6.07, 6.45) is 11.7. The fourth-order valence-corrected chi connectivity index (χ4v) is 8.29. The summed E-state index contributed by atoms with van der Waals surface area (Å²) in [5.41, 5.74) is 2.99. The summed E-state index contributed by atoms with van der Waals surface area (Å²) >= 11 is 0. The van der Waals surface area contributed by atoms with Crippen molar-refractivity contribution in [3.8, 4) is 0 Å². The topological polar surface area (TPSA) is 72.8 Å². The van der Waals surface area contributed by atoms with Crippen molar-refractivity contribution in [2.24, 2.45) is 22.7 Å². The van der Waals surface area contributed by atoms with Gasteiger partial charge >= 0.3 is 6.03 Å². The predicted molar refractivity (Wildman–Crippen MR) is 148 cm³/mol. The van der Waals surface area contributed by atoms with Gasteiger partial charge in [0.2, 0.25) is 0 Å². The van der Waals surface area contributed by atoms with E-state index >= 15 is 0 Å². The zero-order valence-electron chi connectivity index (χ0n) is 23.2. The standard InChI is InChI=1S/C32H46N2O3/c1-5-19-34(29(36)33-22(2)23-9-7-6-8-10-23)21-32(37)18-15-28-26-12-11-24-20-25(35)13-16-30(24,3)27(26)14-17-31(28,32)4/h6-12,22,25,27-28,35,37H,5,13-21H2,1-4H3,(H,33,36)/t22-,25+,27+,28+,30+,31+,32-/m1/s1. The van der Waals surface area contributed by atoms with Crippen molar-refractivity contribution in [1.82, 2.24) is 10.2 Å². The number of rotatable bonds is 6. The molecule has 3 fully saturated rings. The van der Waals surface area contributed by atoms with Gasteiger partial charge in [0.1, 0.15) is 0 Å². The first-order valence-electron chi connectivity index (χ1n) is 14.5. The number of allylic oxidation sites excluding steroid dienone is 3. The van der Waals surface area contributed by atoms with Crippen LogP contribution < -0.4 is 5.32 Å². The van der Waals surface area contributed by atoms with Crippen LogP contribution in [0.3, 0.4) is 0 Å². The van der Waals surface area contributed by atoms with E-state index in [1.54, 1.807) is 0 Å². The lowest BCUT2D eigenvalue weighted by molar-refractivity contribution is -0.0964. The van der Waals surface area contributed by atoms with Crippen LogP contribution in [0, 0.1) is 22.7 Å². The summed E-state index contributed by atoms with van der Waals surface area (Å²) in [7, 11) is 0. The highest BCUT2D eigenvalue weighted by molar-refractivity contribution is 5.75. The first-order chi connectivity index (χ1) is 17.6. The van der Waals surface area contributed by atoms with E-state index < -0.39 is 5.60 Å². The number of benzene rings is 1. The number of hydrogen-bond acceptors (Lipinski definition) is 3. The van der Waals surface area contributed by atoms with E-state index in [4.69, 9.17) is 0 Å². The molecule has 0 spiro atoms. The second-order valence-electron chi connectivity index (χ2n) is 12.8. The van der Waals surface area contributed by atoms with Gasteiger partial charge in [-0.05, 0) is 81.1 Å². The lowest BCUT2D eigenvalue weighted by Gasteiger charge is -2.56. The summed E-state index contributed by atoms with van der Waals surface area (Å²) in [6.45, 7) is 9.81. The van der Waals surface area contributed by atoms with Crippen LogP contribution in [0.15, 0.2) is 53.6 Å². The van der Waals surface area contributed by atoms with E-state index in [0.717, 1.165) is 56.9 Å². The number of amides is 2. The number of carbonyl (C=O) groups excluding carboxylic acids is 1. The summed E-state index contributed by atoms with van der Waals surface area (Å²) < 4.78 is 0. The van der Waals surface area contributed by atoms with Crippen LogP contribution >= 0.6 is 0 Å². The van der Waals surface area contributed by atoms with Gasteiger partial charge in [-0.15, -0.1) is 0 Å². The highest BCUT2D eigenvalue weighted by Gasteiger charge is 2.62. The molecule has 0 aromatic heterocycles. The first kappa shape index (κ1) is 26.5. The van der Waals surface area contributed by atoms with Gasteiger partial charge in [-0.3, -0.25) is 0 Å². The molecule has 0 radical (unpaired) electrons. The highest BCUT2D eigenvalue weighted by Crippen LogP contribution is 2.66. The number of aliphatic hydroxyl groups excluding tert-OH is 1. The summed E-state index contributed by atoms with van der Waals surface area (Å²) in [5.74, 6) is 0.842. The van der Waals surface area contributed by atoms with E-state index in [-0.39, 0.29) is 29.0 Å². The maximum atomic E-state index is 13.4. The molecule has 0 aliphatic heterocycles. The van der Waals surface area contributed by atoms with Crippen LogP contribution in [0.1, 0.15) is 90.7 Å². The Morgan fingerprint density at radius 3 is 2.54 bits per heavy atom. The molecule has 37 heavy (non-hydrogen) atoms. The lowest BCUT2D eigenvalue weighted by atomic mass is 9.50. The molecule has 5 rings (SSSR count). The van der Waals surface area contributed by atoms with E-state index in [1.807, 2.05) is 42.2 Å². The Balaban J connectivity index is 1.35. The third kappa shape index (κ3) is 4.46. The molecule has 0 bridgehead atoms. The van der Waals surface area contributed by atoms with Crippen molar-refractivity contribution >= 4 is 6.03 Å². The number of fused-ring (bicyclic) bond motifs is 5. The van der Waals surface area contributed by atoms with Gasteiger partial charge in [-0.1, -0.05) is 74.4 Å². The fraction of sp³-hybridized carbons (Fsp3) is 0.656. The zero-order chi connectivity index (χ0) is 26.4. The SMILES string of the molecule is CCCN(C[C@]1(O)CC[C@H]2C3=CC=C4C[C@@H](O)CC[C@]4(C)[C@H]3CC[C@@]21C)C(=O)N[C@H](C)c1ccccc1. The van der Waals surface area contributed by atoms with E-state index in [2.05, 4.69) is 38.2 Å². The van der Waals surface area contributed by atoms with Gasteiger partial charge in [0.05, 0.1) is 24.3 Å². The number of nitrogens with zero attached hydrogens (tertiary/aromatic N) is 1. The predicted octanol–water partition coefficient (Wildman–Crippen LogP) is 6.14. The monoisotopic (exact) mass is 506 g/mol. The highest BCUT2D eigenvalue weighted by atomic mass is 16.3. The molecule has 1 aromatic carbocycles. The Bertz CT molecular complexity index is 1070. The molecule has 3 N–H and O–H groups in total. The minimum atomic E-state index is -0.903. The number of hydrogen-bond donors (Lipinski definition) is 3. The molecule has 2 amide bonds. The van der Waals surface area contributed by atoms with Crippen molar-refractivity contribution in [1.29, 1.82) is 0 Å². The molecule has 1 aromatic rings. The van der Waals surface area contributed by atoms with E-state index in [0.29, 0.717) is 24.9 Å². The molecule has 0 heterocycles. The smallest absolute Gasteiger partial charge is 0.317 e. The summed E-state index contributed by atoms with van der Waals surface area (Å²) in [6, 6.07) is 9.87. The van der Waals surface area contributed by atoms with Gasteiger partial charge in [0, 0.05) is 12.0 Å². The maximum absolute atomic E-state index is 13.4. The van der Waals surface area contributed by atoms with Gasteiger partial charge in [-0.25, -0.2) is 4.79 Å². The van der Waals surface area contributed by atoms with Gasteiger partial charge in [-0.2, -0.15) is 0 Å². The third-order valence-corrected chi connectivity index (χ3v) is 10.7. The molecule has 0 saturated heterocycles. The second kappa shape index (κ2) is 9.89. The quantitative estimate of drug-likeness (QED) is 0.434. The normalized spacial score (nSPS) is 37.4. The Labute approximate surface area is 223 Å². The summed E-state index contributed by atoms with van der Waals surface area (Å²) in [5, 5.41) is 25.7. The number of aliphatic hydroxyl groups is 2. The minimum Gasteiger partial charge on any atom is -0.393 e. The lowest BCUT2D eigenvalue weighted by Crippen LogP contribution is -2.58. The van der Waals surface area contributed by atoms with Crippen molar-refractivity contribution in [2.45, 2.75) is 96.8 Å². The molecular weight excluding hydrogens is 460 g/mol. The van der Waals surface area contributed by atoms with Crippen LogP contribution in [-0.2, 0) is 0 Å². The summed E-state index contributed by atoms with van der Waals surface area (Å²) in [4.78, 5) is 15.3. The van der Waals surface area contributed by atoms with Crippen LogP contribution in [0.2, 0.25) is 0 Å². The van der Waals surface area contributed by atoms with Crippen LogP contribution in [0.25, 0.3) is 0 Å².